The Morgan fingerprint density at radius 1 is 1.00 bits per heavy atom. The number of hydrogen-bond donors (Lipinski definition) is 1. The van der Waals surface area contributed by atoms with Crippen molar-refractivity contribution in [3.8, 4) is 11.5 Å². The van der Waals surface area contributed by atoms with Gasteiger partial charge in [0.2, 0.25) is 0 Å². The molecule has 3 aromatic rings. The summed E-state index contributed by atoms with van der Waals surface area (Å²) in [6.45, 7) is 8.53. The molecule has 7 heteroatoms. The molecule has 6 nitrogen and oxygen atoms in total. The van der Waals surface area contributed by atoms with Crippen LogP contribution in [0.25, 0.3) is 10.9 Å². The number of nitrogens with one attached hydrogen (secondary N) is 1. The standard InChI is InChI=1S/C34H45ClN4O2/c1-24-13-17-38(23-24)16-8-20-41-33-22-30-27(21-32(33)40-2)34(26-9-4-3-5-11-29(26)37-30)36-25-14-18-39(19-15-25)31-12-7-6-10-28(31)35/h6-7,10,12,21-22,24-25H,3-5,8-9,11,13-20,23H2,1-2H3,(H,36,37). The third-order valence-corrected chi connectivity index (χ3v) is 9.54. The average molecular weight is 577 g/mol. The fourth-order valence-electron chi connectivity index (χ4n) is 6.92. The first-order valence-corrected chi connectivity index (χ1v) is 16.1. The number of nitrogens with zero attached hydrogens (tertiary/aromatic N) is 3. The molecule has 6 rings (SSSR count). The molecule has 0 bridgehead atoms. The average Bonchev–Trinajstić information content (AvgIpc) is 3.26. The number of aromatic nitrogens is 1. The Morgan fingerprint density at radius 2 is 1.83 bits per heavy atom. The Morgan fingerprint density at radius 3 is 2.61 bits per heavy atom. The largest absolute Gasteiger partial charge is 0.493 e. The molecule has 1 atom stereocenters. The third-order valence-electron chi connectivity index (χ3n) is 9.22. The number of fused-ring (bicyclic) bond motifs is 2. The van der Waals surface area contributed by atoms with Gasteiger partial charge in [-0.05, 0) is 87.6 Å². The summed E-state index contributed by atoms with van der Waals surface area (Å²) in [5.41, 5.74) is 6.06. The van der Waals surface area contributed by atoms with E-state index in [0.717, 1.165) is 90.8 Å². The van der Waals surface area contributed by atoms with E-state index in [1.54, 1.807) is 7.11 Å². The molecule has 1 unspecified atom stereocenters. The first-order valence-electron chi connectivity index (χ1n) is 15.7. The second kappa shape index (κ2) is 13.1. The Labute approximate surface area is 250 Å². The van der Waals surface area contributed by atoms with E-state index >= 15 is 0 Å². The molecule has 41 heavy (non-hydrogen) atoms. The summed E-state index contributed by atoms with van der Waals surface area (Å²) in [4.78, 5) is 10.2. The molecule has 0 amide bonds. The molecule has 1 aromatic heterocycles. The lowest BCUT2D eigenvalue weighted by molar-refractivity contribution is 0.251. The van der Waals surface area contributed by atoms with Crippen molar-refractivity contribution in [1.29, 1.82) is 0 Å². The fourth-order valence-corrected chi connectivity index (χ4v) is 7.18. The molecule has 0 spiro atoms. The highest BCUT2D eigenvalue weighted by Crippen LogP contribution is 2.40. The van der Waals surface area contributed by atoms with Gasteiger partial charge >= 0.3 is 0 Å². The van der Waals surface area contributed by atoms with E-state index in [-0.39, 0.29) is 0 Å². The van der Waals surface area contributed by atoms with Crippen molar-refractivity contribution in [2.24, 2.45) is 5.92 Å². The Balaban J connectivity index is 1.21. The Hall–Kier alpha value is -2.70. The highest BCUT2D eigenvalue weighted by Gasteiger charge is 2.25. The van der Waals surface area contributed by atoms with Crippen LogP contribution in [-0.4, -0.2) is 62.4 Å². The zero-order chi connectivity index (χ0) is 28.2. The second-order valence-electron chi connectivity index (χ2n) is 12.2. The maximum Gasteiger partial charge on any atom is 0.163 e. The lowest BCUT2D eigenvalue weighted by atomic mass is 9.98. The van der Waals surface area contributed by atoms with Crippen LogP contribution in [0.15, 0.2) is 36.4 Å². The van der Waals surface area contributed by atoms with Crippen molar-refractivity contribution in [2.75, 3.05) is 56.7 Å². The highest BCUT2D eigenvalue weighted by molar-refractivity contribution is 6.33. The zero-order valence-corrected chi connectivity index (χ0v) is 25.5. The van der Waals surface area contributed by atoms with Crippen LogP contribution >= 0.6 is 11.6 Å². The minimum absolute atomic E-state index is 0.405. The lowest BCUT2D eigenvalue weighted by Gasteiger charge is -2.35. The van der Waals surface area contributed by atoms with Crippen molar-refractivity contribution in [3.05, 3.63) is 52.7 Å². The first-order chi connectivity index (χ1) is 20.1. The third kappa shape index (κ3) is 6.54. The molecule has 1 aliphatic carbocycles. The molecule has 1 N–H and O–H groups in total. The van der Waals surface area contributed by atoms with Crippen molar-refractivity contribution in [2.45, 2.75) is 70.8 Å². The number of aryl methyl sites for hydroxylation is 1. The highest BCUT2D eigenvalue weighted by atomic mass is 35.5. The van der Waals surface area contributed by atoms with Crippen LogP contribution in [-0.2, 0) is 12.8 Å². The number of para-hydroxylation sites is 1. The van der Waals surface area contributed by atoms with Crippen molar-refractivity contribution in [3.63, 3.8) is 0 Å². The summed E-state index contributed by atoms with van der Waals surface area (Å²) in [7, 11) is 1.74. The number of rotatable bonds is 9. The summed E-state index contributed by atoms with van der Waals surface area (Å²) in [6, 6.07) is 12.9. The number of piperidine rings is 1. The summed E-state index contributed by atoms with van der Waals surface area (Å²) in [5.74, 6) is 2.41. The summed E-state index contributed by atoms with van der Waals surface area (Å²) < 4.78 is 12.2. The molecular formula is C34H45ClN4O2. The van der Waals surface area contributed by atoms with Crippen molar-refractivity contribution in [1.82, 2.24) is 9.88 Å². The molecule has 2 saturated heterocycles. The maximum absolute atomic E-state index is 6.51. The number of anilines is 2. The molecule has 3 heterocycles. The van der Waals surface area contributed by atoms with Crippen molar-refractivity contribution < 1.29 is 9.47 Å². The Bertz CT molecular complexity index is 1340. The van der Waals surface area contributed by atoms with Gasteiger partial charge < -0.3 is 24.6 Å². The number of likely N-dealkylation sites (tertiary alicyclic amines) is 1. The molecule has 220 valence electrons. The van der Waals surface area contributed by atoms with Gasteiger partial charge in [0.1, 0.15) is 0 Å². The van der Waals surface area contributed by atoms with Crippen LogP contribution in [0.5, 0.6) is 11.5 Å². The quantitative estimate of drug-likeness (QED) is 0.212. The van der Waals surface area contributed by atoms with Crippen molar-refractivity contribution >= 4 is 33.9 Å². The van der Waals surface area contributed by atoms with Gasteiger partial charge in [0.05, 0.1) is 29.9 Å². The molecular weight excluding hydrogens is 532 g/mol. The second-order valence-corrected chi connectivity index (χ2v) is 12.7. The molecule has 2 aliphatic heterocycles. The van der Waals surface area contributed by atoms with Crippen LogP contribution in [0, 0.1) is 5.92 Å². The Kier molecular flexibility index (Phi) is 9.07. The van der Waals surface area contributed by atoms with Gasteiger partial charge in [0.25, 0.3) is 0 Å². The van der Waals surface area contributed by atoms with Gasteiger partial charge in [-0.15, -0.1) is 0 Å². The van der Waals surface area contributed by atoms with Crippen LogP contribution in [0.2, 0.25) is 5.02 Å². The smallest absolute Gasteiger partial charge is 0.163 e. The first kappa shape index (κ1) is 28.4. The zero-order valence-electron chi connectivity index (χ0n) is 24.8. The lowest BCUT2D eigenvalue weighted by Crippen LogP contribution is -2.39. The van der Waals surface area contributed by atoms with E-state index in [4.69, 9.17) is 26.1 Å². The molecule has 2 aromatic carbocycles. The number of methoxy groups -OCH3 is 1. The predicted octanol–water partition coefficient (Wildman–Crippen LogP) is 7.36. The number of benzene rings is 2. The molecule has 0 radical (unpaired) electrons. The van der Waals surface area contributed by atoms with E-state index < -0.39 is 0 Å². The predicted molar refractivity (Wildman–Crippen MR) is 170 cm³/mol. The number of pyridine rings is 1. The molecule has 2 fully saturated rings. The van der Waals surface area contributed by atoms with E-state index in [1.165, 1.54) is 55.7 Å². The maximum atomic E-state index is 6.51. The number of hydrogen-bond acceptors (Lipinski definition) is 6. The SMILES string of the molecule is COc1cc2c(NC3CCN(c4ccccc4Cl)CC3)c3c(nc2cc1OCCCN1CCC(C)C1)CCCCC3. The minimum Gasteiger partial charge on any atom is -0.493 e. The van der Waals surface area contributed by atoms with Crippen LogP contribution in [0.3, 0.4) is 0 Å². The topological polar surface area (TPSA) is 49.9 Å². The van der Waals surface area contributed by atoms with Gasteiger partial charge in [0, 0.05) is 55.1 Å². The van der Waals surface area contributed by atoms with Crippen LogP contribution in [0.4, 0.5) is 11.4 Å². The normalized spacial score (nSPS) is 20.2. The van der Waals surface area contributed by atoms with E-state index in [0.29, 0.717) is 12.6 Å². The van der Waals surface area contributed by atoms with Gasteiger partial charge in [-0.1, -0.05) is 37.1 Å². The number of halogens is 1. The van der Waals surface area contributed by atoms with Crippen LogP contribution in [0.1, 0.15) is 63.1 Å². The number of ether oxygens (including phenoxy) is 2. The van der Waals surface area contributed by atoms with Gasteiger partial charge in [-0.3, -0.25) is 4.98 Å². The van der Waals surface area contributed by atoms with E-state index in [9.17, 15) is 0 Å². The summed E-state index contributed by atoms with van der Waals surface area (Å²) in [5, 5.41) is 6.00. The van der Waals surface area contributed by atoms with Gasteiger partial charge in [-0.25, -0.2) is 0 Å². The van der Waals surface area contributed by atoms with Crippen LogP contribution < -0.4 is 19.7 Å². The molecule has 3 aliphatic rings. The van der Waals surface area contributed by atoms with E-state index in [1.807, 2.05) is 12.1 Å². The van der Waals surface area contributed by atoms with E-state index in [2.05, 4.69) is 46.3 Å². The summed E-state index contributed by atoms with van der Waals surface area (Å²) >= 11 is 6.51. The molecule has 0 saturated carbocycles. The monoisotopic (exact) mass is 576 g/mol. The van der Waals surface area contributed by atoms with Gasteiger partial charge in [-0.2, -0.15) is 0 Å². The van der Waals surface area contributed by atoms with Gasteiger partial charge in [0.15, 0.2) is 11.5 Å². The summed E-state index contributed by atoms with van der Waals surface area (Å²) in [6.07, 6.45) is 10.3. The minimum atomic E-state index is 0.405. The fraction of sp³-hybridized carbons (Fsp3) is 0.559.